The predicted octanol–water partition coefficient (Wildman–Crippen LogP) is 3.77. The maximum Gasteiger partial charge on any atom is 0.317 e. The van der Waals surface area contributed by atoms with Crippen molar-refractivity contribution < 1.29 is 19.1 Å². The summed E-state index contributed by atoms with van der Waals surface area (Å²) in [4.78, 5) is 25.3. The summed E-state index contributed by atoms with van der Waals surface area (Å²) in [7, 11) is 1.66. The Kier molecular flexibility index (Phi) is 5.51. The Balaban J connectivity index is 1.68. The van der Waals surface area contributed by atoms with E-state index in [4.69, 9.17) is 9.47 Å². The van der Waals surface area contributed by atoms with E-state index in [1.54, 1.807) is 7.11 Å². The van der Waals surface area contributed by atoms with Crippen LogP contribution >= 0.6 is 0 Å². The molecule has 1 aromatic carbocycles. The second-order valence-corrected chi connectivity index (χ2v) is 7.41. The number of carbonyl (C=O) groups is 2. The molecule has 5 nitrogen and oxygen atoms in total. The molecule has 1 atom stereocenters. The van der Waals surface area contributed by atoms with Gasteiger partial charge in [-0.15, -0.1) is 0 Å². The first-order chi connectivity index (χ1) is 12.9. The zero-order valence-electron chi connectivity index (χ0n) is 16.5. The van der Waals surface area contributed by atoms with Crippen LogP contribution in [0.3, 0.4) is 0 Å². The van der Waals surface area contributed by atoms with Crippen LogP contribution in [-0.4, -0.2) is 36.6 Å². The van der Waals surface area contributed by atoms with Crippen molar-refractivity contribution >= 4 is 11.8 Å². The number of aromatic nitrogens is 1. The number of ketones is 1. The Labute approximate surface area is 160 Å². The Morgan fingerprint density at radius 1 is 1.19 bits per heavy atom. The van der Waals surface area contributed by atoms with E-state index in [0.29, 0.717) is 12.2 Å². The standard InChI is InChI=1S/C22H27NO4/c1-15-12-19(17(3)23(15)16(2)13-26-4)20(24)14-27-21(25)22(10-11-22)18-8-6-5-7-9-18/h5-9,12,16H,10-11,13-14H2,1-4H3/t16-/m1/s1. The Morgan fingerprint density at radius 3 is 2.44 bits per heavy atom. The summed E-state index contributed by atoms with van der Waals surface area (Å²) in [6, 6.07) is 11.7. The van der Waals surface area contributed by atoms with Crippen molar-refractivity contribution in [3.8, 4) is 0 Å². The van der Waals surface area contributed by atoms with E-state index in [9.17, 15) is 9.59 Å². The maximum absolute atomic E-state index is 12.7. The van der Waals surface area contributed by atoms with Crippen LogP contribution in [0, 0.1) is 13.8 Å². The molecule has 0 radical (unpaired) electrons. The number of methoxy groups -OCH3 is 1. The summed E-state index contributed by atoms with van der Waals surface area (Å²) in [6.45, 7) is 6.28. The molecule has 1 aromatic heterocycles. The highest BCUT2D eigenvalue weighted by molar-refractivity contribution is 6.00. The number of esters is 1. The van der Waals surface area contributed by atoms with Gasteiger partial charge in [0.1, 0.15) is 0 Å². The van der Waals surface area contributed by atoms with E-state index >= 15 is 0 Å². The summed E-state index contributed by atoms with van der Waals surface area (Å²) in [6.07, 6.45) is 1.54. The predicted molar refractivity (Wildman–Crippen MR) is 103 cm³/mol. The summed E-state index contributed by atoms with van der Waals surface area (Å²) in [5, 5.41) is 0. The molecule has 3 rings (SSSR count). The van der Waals surface area contributed by atoms with Crippen molar-refractivity contribution in [1.29, 1.82) is 0 Å². The van der Waals surface area contributed by atoms with E-state index in [0.717, 1.165) is 29.8 Å². The number of nitrogens with zero attached hydrogens (tertiary/aromatic N) is 1. The molecule has 0 saturated heterocycles. The van der Waals surface area contributed by atoms with Crippen LogP contribution in [0.5, 0.6) is 0 Å². The zero-order valence-corrected chi connectivity index (χ0v) is 16.5. The van der Waals surface area contributed by atoms with Crippen LogP contribution in [0.15, 0.2) is 36.4 Å². The van der Waals surface area contributed by atoms with Gasteiger partial charge in [-0.2, -0.15) is 0 Å². The Hall–Kier alpha value is -2.40. The highest BCUT2D eigenvalue weighted by Crippen LogP contribution is 2.49. The van der Waals surface area contributed by atoms with Gasteiger partial charge in [-0.1, -0.05) is 30.3 Å². The lowest BCUT2D eigenvalue weighted by Gasteiger charge is -2.18. The zero-order chi connectivity index (χ0) is 19.6. The summed E-state index contributed by atoms with van der Waals surface area (Å²) in [5.74, 6) is -0.472. The fourth-order valence-electron chi connectivity index (χ4n) is 3.89. The van der Waals surface area contributed by atoms with Crippen LogP contribution in [0.1, 0.15) is 53.1 Å². The average molecular weight is 369 g/mol. The van der Waals surface area contributed by atoms with Crippen LogP contribution in [0.25, 0.3) is 0 Å². The molecule has 2 aromatic rings. The first-order valence-electron chi connectivity index (χ1n) is 9.34. The number of carbonyl (C=O) groups excluding carboxylic acids is 2. The largest absolute Gasteiger partial charge is 0.457 e. The van der Waals surface area contributed by atoms with Gasteiger partial charge < -0.3 is 14.0 Å². The lowest BCUT2D eigenvalue weighted by atomic mass is 9.96. The Morgan fingerprint density at radius 2 is 1.85 bits per heavy atom. The van der Waals surface area contributed by atoms with Crippen molar-refractivity contribution in [3.05, 3.63) is 58.9 Å². The molecule has 5 heteroatoms. The number of ether oxygens (including phenoxy) is 2. The van der Waals surface area contributed by atoms with Crippen molar-refractivity contribution in [2.45, 2.75) is 45.1 Å². The van der Waals surface area contributed by atoms with E-state index < -0.39 is 5.41 Å². The molecule has 0 amide bonds. The fraction of sp³-hybridized carbons (Fsp3) is 0.455. The Bertz CT molecular complexity index is 833. The van der Waals surface area contributed by atoms with Crippen molar-refractivity contribution in [2.24, 2.45) is 0 Å². The van der Waals surface area contributed by atoms with Crippen LogP contribution < -0.4 is 0 Å². The molecule has 0 spiro atoms. The first-order valence-corrected chi connectivity index (χ1v) is 9.34. The minimum absolute atomic E-state index is 0.131. The monoisotopic (exact) mass is 369 g/mol. The van der Waals surface area contributed by atoms with E-state index in [2.05, 4.69) is 11.5 Å². The molecule has 144 valence electrons. The normalized spacial score (nSPS) is 16.0. The van der Waals surface area contributed by atoms with Crippen LogP contribution in [-0.2, 0) is 19.7 Å². The molecule has 0 unspecified atom stereocenters. The fourth-order valence-corrected chi connectivity index (χ4v) is 3.89. The smallest absolute Gasteiger partial charge is 0.317 e. The van der Waals surface area contributed by atoms with Crippen LogP contribution in [0.2, 0.25) is 0 Å². The second kappa shape index (κ2) is 7.69. The molecule has 0 bridgehead atoms. The van der Waals surface area contributed by atoms with E-state index in [1.165, 1.54) is 0 Å². The minimum atomic E-state index is -0.564. The highest BCUT2D eigenvalue weighted by atomic mass is 16.5. The molecule has 1 fully saturated rings. The molecular formula is C22H27NO4. The molecule has 0 aliphatic heterocycles. The molecular weight excluding hydrogens is 342 g/mol. The van der Waals surface area contributed by atoms with Gasteiger partial charge in [0, 0.05) is 24.1 Å². The van der Waals surface area contributed by atoms with Gasteiger partial charge in [-0.05, 0) is 45.2 Å². The lowest BCUT2D eigenvalue weighted by Crippen LogP contribution is -2.26. The third-order valence-electron chi connectivity index (χ3n) is 5.43. The molecule has 0 N–H and O–H groups in total. The minimum Gasteiger partial charge on any atom is -0.457 e. The molecule has 1 saturated carbocycles. The number of hydrogen-bond donors (Lipinski definition) is 0. The number of Topliss-reactive ketones (excluding diaryl/α,β-unsaturated/α-hetero) is 1. The quantitative estimate of drug-likeness (QED) is 0.525. The van der Waals surface area contributed by atoms with Crippen molar-refractivity contribution in [3.63, 3.8) is 0 Å². The third kappa shape index (κ3) is 3.69. The van der Waals surface area contributed by atoms with Crippen LogP contribution in [0.4, 0.5) is 0 Å². The number of hydrogen-bond acceptors (Lipinski definition) is 4. The number of rotatable bonds is 8. The molecule has 1 aliphatic rings. The topological polar surface area (TPSA) is 57.5 Å². The summed E-state index contributed by atoms with van der Waals surface area (Å²) in [5.41, 5.74) is 2.88. The van der Waals surface area contributed by atoms with E-state index in [-0.39, 0.29) is 24.4 Å². The highest BCUT2D eigenvalue weighted by Gasteiger charge is 2.52. The lowest BCUT2D eigenvalue weighted by molar-refractivity contribution is -0.145. The molecule has 1 heterocycles. The third-order valence-corrected chi connectivity index (χ3v) is 5.43. The van der Waals surface area contributed by atoms with Gasteiger partial charge in [0.05, 0.1) is 18.1 Å². The van der Waals surface area contributed by atoms with Gasteiger partial charge in [-0.25, -0.2) is 0 Å². The van der Waals surface area contributed by atoms with Gasteiger partial charge in [-0.3, -0.25) is 9.59 Å². The maximum atomic E-state index is 12.7. The van der Waals surface area contributed by atoms with Gasteiger partial charge in [0.25, 0.3) is 0 Å². The van der Waals surface area contributed by atoms with Crippen molar-refractivity contribution in [1.82, 2.24) is 4.57 Å². The first kappa shape index (κ1) is 19.4. The van der Waals surface area contributed by atoms with E-state index in [1.807, 2.05) is 50.2 Å². The molecule has 27 heavy (non-hydrogen) atoms. The van der Waals surface area contributed by atoms with Gasteiger partial charge in [0.2, 0.25) is 5.78 Å². The van der Waals surface area contributed by atoms with Gasteiger partial charge >= 0.3 is 5.97 Å². The molecule has 1 aliphatic carbocycles. The van der Waals surface area contributed by atoms with Gasteiger partial charge in [0.15, 0.2) is 6.61 Å². The number of benzene rings is 1. The summed E-state index contributed by atoms with van der Waals surface area (Å²) < 4.78 is 12.7. The SMILES string of the molecule is COC[C@@H](C)n1c(C)cc(C(=O)COC(=O)C2(c3ccccc3)CC2)c1C. The number of aryl methyl sites for hydroxylation is 1. The van der Waals surface area contributed by atoms with Crippen molar-refractivity contribution in [2.75, 3.05) is 20.3 Å². The second-order valence-electron chi connectivity index (χ2n) is 7.41. The summed E-state index contributed by atoms with van der Waals surface area (Å²) >= 11 is 0. The average Bonchev–Trinajstić information content (AvgIpc) is 3.41.